The molecule has 0 aromatic carbocycles. The van der Waals surface area contributed by atoms with E-state index in [1.165, 1.54) is 23.3 Å². The van der Waals surface area contributed by atoms with Gasteiger partial charge in [0, 0.05) is 4.88 Å². The highest BCUT2D eigenvalue weighted by Crippen LogP contribution is 2.41. The van der Waals surface area contributed by atoms with Crippen molar-refractivity contribution >= 4 is 11.3 Å². The monoisotopic (exact) mass is 252 g/mol. The summed E-state index contributed by atoms with van der Waals surface area (Å²) < 4.78 is 0. The summed E-state index contributed by atoms with van der Waals surface area (Å²) in [6, 6.07) is 2.12. The minimum atomic E-state index is -0.548. The Labute approximate surface area is 109 Å². The Hall–Kier alpha value is -0.340. The van der Waals surface area contributed by atoms with Gasteiger partial charge in [0.25, 0.3) is 0 Å². The largest absolute Gasteiger partial charge is 0.385 e. The average molecular weight is 252 g/mol. The fraction of sp³-hybridized carbons (Fsp3) is 0.733. The molecule has 1 fully saturated rings. The van der Waals surface area contributed by atoms with Crippen molar-refractivity contribution in [2.24, 2.45) is 11.8 Å². The molecule has 17 heavy (non-hydrogen) atoms. The van der Waals surface area contributed by atoms with Crippen LogP contribution in [0.15, 0.2) is 11.4 Å². The second-order valence-electron chi connectivity index (χ2n) is 5.86. The summed E-state index contributed by atoms with van der Waals surface area (Å²) in [6.45, 7) is 6.75. The van der Waals surface area contributed by atoms with E-state index in [2.05, 4.69) is 32.2 Å². The molecular weight excluding hydrogens is 228 g/mol. The van der Waals surface area contributed by atoms with Crippen LogP contribution in [-0.4, -0.2) is 5.11 Å². The molecule has 0 bridgehead atoms. The van der Waals surface area contributed by atoms with Crippen molar-refractivity contribution in [3.8, 4) is 0 Å². The fourth-order valence-corrected chi connectivity index (χ4v) is 3.95. The zero-order valence-electron chi connectivity index (χ0n) is 11.2. The Morgan fingerprint density at radius 2 is 2.12 bits per heavy atom. The van der Waals surface area contributed by atoms with Crippen molar-refractivity contribution in [1.82, 2.24) is 0 Å². The molecule has 0 radical (unpaired) electrons. The van der Waals surface area contributed by atoms with Crippen LogP contribution < -0.4 is 0 Å². The Kier molecular flexibility index (Phi) is 3.94. The van der Waals surface area contributed by atoms with Crippen LogP contribution >= 0.6 is 11.3 Å². The van der Waals surface area contributed by atoms with Crippen molar-refractivity contribution in [2.45, 2.75) is 58.5 Å². The predicted octanol–water partition coefficient (Wildman–Crippen LogP) is 4.48. The summed E-state index contributed by atoms with van der Waals surface area (Å²) in [5.74, 6) is 1.55. The topological polar surface area (TPSA) is 20.2 Å². The SMILES string of the molecule is Cc1sccc1C1(O)CCCC(C(C)C)CC1. The lowest BCUT2D eigenvalue weighted by molar-refractivity contribution is 0.0190. The number of hydrogen-bond acceptors (Lipinski definition) is 2. The second-order valence-corrected chi connectivity index (χ2v) is 6.98. The molecule has 1 aromatic rings. The van der Waals surface area contributed by atoms with Crippen molar-refractivity contribution in [3.05, 3.63) is 21.9 Å². The summed E-state index contributed by atoms with van der Waals surface area (Å²) in [5, 5.41) is 13.0. The number of aryl methyl sites for hydroxylation is 1. The first-order chi connectivity index (χ1) is 8.03. The fourth-order valence-electron chi connectivity index (χ4n) is 3.15. The van der Waals surface area contributed by atoms with E-state index in [4.69, 9.17) is 0 Å². The van der Waals surface area contributed by atoms with Crippen LogP contribution in [-0.2, 0) is 5.60 Å². The third-order valence-corrected chi connectivity index (χ3v) is 5.24. The summed E-state index contributed by atoms with van der Waals surface area (Å²) >= 11 is 1.75. The zero-order chi connectivity index (χ0) is 12.5. The van der Waals surface area contributed by atoms with Gasteiger partial charge in [-0.1, -0.05) is 20.3 Å². The third-order valence-electron chi connectivity index (χ3n) is 4.40. The molecule has 2 atom stereocenters. The van der Waals surface area contributed by atoms with Crippen molar-refractivity contribution in [3.63, 3.8) is 0 Å². The standard InChI is InChI=1S/C15H24OS/c1-11(2)13-5-4-8-15(16,9-6-13)14-7-10-17-12(14)3/h7,10-11,13,16H,4-6,8-9H2,1-3H3. The highest BCUT2D eigenvalue weighted by atomic mass is 32.1. The van der Waals surface area contributed by atoms with Crippen LogP contribution in [0.2, 0.25) is 0 Å². The van der Waals surface area contributed by atoms with E-state index in [0.29, 0.717) is 0 Å². The van der Waals surface area contributed by atoms with Gasteiger partial charge in [0.2, 0.25) is 0 Å². The van der Waals surface area contributed by atoms with Crippen molar-refractivity contribution in [1.29, 1.82) is 0 Å². The molecule has 2 heteroatoms. The molecule has 2 rings (SSSR count). The second kappa shape index (κ2) is 5.11. The van der Waals surface area contributed by atoms with E-state index < -0.39 is 5.60 Å². The molecule has 1 heterocycles. The lowest BCUT2D eigenvalue weighted by Crippen LogP contribution is -2.25. The quantitative estimate of drug-likeness (QED) is 0.769. The maximum Gasteiger partial charge on any atom is 0.0907 e. The molecule has 0 amide bonds. The molecule has 1 aromatic heterocycles. The van der Waals surface area contributed by atoms with Crippen LogP contribution in [0.25, 0.3) is 0 Å². The van der Waals surface area contributed by atoms with Crippen LogP contribution in [0.4, 0.5) is 0 Å². The molecule has 1 nitrogen and oxygen atoms in total. The molecular formula is C15H24OS. The van der Waals surface area contributed by atoms with Gasteiger partial charge in [0.15, 0.2) is 0 Å². The molecule has 1 N–H and O–H groups in total. The summed E-state index contributed by atoms with van der Waals surface area (Å²) in [7, 11) is 0. The molecule has 0 saturated heterocycles. The Morgan fingerprint density at radius 1 is 1.35 bits per heavy atom. The molecule has 1 aliphatic rings. The van der Waals surface area contributed by atoms with E-state index in [1.807, 2.05) is 0 Å². The highest BCUT2D eigenvalue weighted by Gasteiger charge is 2.34. The van der Waals surface area contributed by atoms with E-state index in [0.717, 1.165) is 31.1 Å². The van der Waals surface area contributed by atoms with E-state index in [9.17, 15) is 5.11 Å². The van der Waals surface area contributed by atoms with Gasteiger partial charge in [-0.05, 0) is 61.5 Å². The molecule has 0 aliphatic heterocycles. The van der Waals surface area contributed by atoms with E-state index in [-0.39, 0.29) is 0 Å². The Morgan fingerprint density at radius 3 is 2.71 bits per heavy atom. The van der Waals surface area contributed by atoms with Gasteiger partial charge >= 0.3 is 0 Å². The highest BCUT2D eigenvalue weighted by molar-refractivity contribution is 7.10. The van der Waals surface area contributed by atoms with Gasteiger partial charge in [0.1, 0.15) is 0 Å². The number of thiophene rings is 1. The van der Waals surface area contributed by atoms with Crippen molar-refractivity contribution < 1.29 is 5.11 Å². The molecule has 1 saturated carbocycles. The van der Waals surface area contributed by atoms with E-state index in [1.54, 1.807) is 11.3 Å². The number of rotatable bonds is 2. The van der Waals surface area contributed by atoms with Gasteiger partial charge < -0.3 is 5.11 Å². The Bertz CT molecular complexity index is 369. The summed E-state index contributed by atoms with van der Waals surface area (Å²) in [6.07, 6.45) is 5.49. The first-order valence-electron chi connectivity index (χ1n) is 6.80. The number of hydrogen-bond donors (Lipinski definition) is 1. The minimum Gasteiger partial charge on any atom is -0.385 e. The minimum absolute atomic E-state index is 0.548. The van der Waals surface area contributed by atoms with Crippen LogP contribution in [0.5, 0.6) is 0 Å². The maximum absolute atomic E-state index is 10.9. The molecule has 2 unspecified atom stereocenters. The first kappa shape index (κ1) is 13.1. The zero-order valence-corrected chi connectivity index (χ0v) is 12.0. The van der Waals surface area contributed by atoms with Gasteiger partial charge in [-0.25, -0.2) is 0 Å². The van der Waals surface area contributed by atoms with Crippen LogP contribution in [0.3, 0.4) is 0 Å². The van der Waals surface area contributed by atoms with Crippen LogP contribution in [0, 0.1) is 18.8 Å². The number of aliphatic hydroxyl groups is 1. The van der Waals surface area contributed by atoms with Gasteiger partial charge in [0.05, 0.1) is 5.60 Å². The van der Waals surface area contributed by atoms with Crippen LogP contribution in [0.1, 0.15) is 56.4 Å². The smallest absolute Gasteiger partial charge is 0.0907 e. The molecule has 1 aliphatic carbocycles. The van der Waals surface area contributed by atoms with Gasteiger partial charge in [-0.15, -0.1) is 11.3 Å². The van der Waals surface area contributed by atoms with E-state index >= 15 is 0 Å². The lowest BCUT2D eigenvalue weighted by Gasteiger charge is -2.27. The van der Waals surface area contributed by atoms with Gasteiger partial charge in [-0.3, -0.25) is 0 Å². The maximum atomic E-state index is 10.9. The molecule has 0 spiro atoms. The predicted molar refractivity (Wildman–Crippen MR) is 74.4 cm³/mol. The average Bonchev–Trinajstić information content (AvgIpc) is 2.59. The Balaban J connectivity index is 2.15. The van der Waals surface area contributed by atoms with Crippen molar-refractivity contribution in [2.75, 3.05) is 0 Å². The van der Waals surface area contributed by atoms with Gasteiger partial charge in [-0.2, -0.15) is 0 Å². The third kappa shape index (κ3) is 2.74. The summed E-state index contributed by atoms with van der Waals surface area (Å²) in [5.41, 5.74) is 0.639. The molecule has 96 valence electrons. The summed E-state index contributed by atoms with van der Waals surface area (Å²) in [4.78, 5) is 1.29. The first-order valence-corrected chi connectivity index (χ1v) is 7.68. The normalized spacial score (nSPS) is 30.5. The lowest BCUT2D eigenvalue weighted by atomic mass is 9.85.